The number of aromatic nitrogens is 4. The lowest BCUT2D eigenvalue weighted by Gasteiger charge is -2.27. The van der Waals surface area contributed by atoms with Crippen LogP contribution < -0.4 is 0 Å². The Morgan fingerprint density at radius 2 is 0.684 bits per heavy atom. The van der Waals surface area contributed by atoms with Gasteiger partial charge in [-0.3, -0.25) is 0 Å². The third-order valence-electron chi connectivity index (χ3n) is 16.6. The minimum Gasteiger partial charge on any atom is -0.306 e. The standard InChI is InChI=1S/C72H40N6S/c73-41-57-58(42-74)68(78-65-39-36-44(46-28-17-19-43-18-1-2-20-45(43)46)40-56(65)54-37-38-55-53-27-9-16-35-66(53)79-72(55)69(54)78)71(77-63-33-14-7-25-51(63)52-26-8-15-34-64(52)77)70(76-61-31-12-5-23-49(61)50-24-6-13-32-62(50)76)67(57)75-59-29-10-3-21-47(59)48-22-4-11-30-60(48)75/h1-40H. The summed E-state index contributed by atoms with van der Waals surface area (Å²) in [5.41, 5.74) is 13.2. The Balaban J connectivity index is 1.18. The molecule has 0 aliphatic heterocycles. The van der Waals surface area contributed by atoms with Gasteiger partial charge in [-0.05, 0) is 76.5 Å². The van der Waals surface area contributed by atoms with Gasteiger partial charge in [0.05, 0.1) is 82.7 Å². The van der Waals surface area contributed by atoms with Gasteiger partial charge < -0.3 is 18.3 Å². The maximum atomic E-state index is 12.5. The van der Waals surface area contributed by atoms with Crippen molar-refractivity contribution < 1.29 is 0 Å². The molecule has 0 bridgehead atoms. The fourth-order valence-electron chi connectivity index (χ4n) is 13.4. The number of thiophene rings is 1. The van der Waals surface area contributed by atoms with Crippen molar-refractivity contribution in [1.82, 2.24) is 18.3 Å². The van der Waals surface area contributed by atoms with Crippen LogP contribution in [0.25, 0.3) is 152 Å². The Morgan fingerprint density at radius 3 is 1.19 bits per heavy atom. The number of hydrogen-bond donors (Lipinski definition) is 0. The first kappa shape index (κ1) is 43.5. The lowest BCUT2D eigenvalue weighted by Crippen LogP contribution is -2.17. The van der Waals surface area contributed by atoms with E-state index in [1.54, 1.807) is 11.3 Å². The van der Waals surface area contributed by atoms with Gasteiger partial charge in [-0.1, -0.05) is 188 Å². The molecule has 17 rings (SSSR count). The lowest BCUT2D eigenvalue weighted by molar-refractivity contribution is 1.01. The Labute approximate surface area is 455 Å². The molecule has 0 saturated heterocycles. The maximum Gasteiger partial charge on any atom is 0.103 e. The van der Waals surface area contributed by atoms with E-state index in [-0.39, 0.29) is 11.1 Å². The highest BCUT2D eigenvalue weighted by molar-refractivity contribution is 7.26. The molecule has 7 heteroatoms. The first-order chi connectivity index (χ1) is 39.2. The largest absolute Gasteiger partial charge is 0.306 e. The predicted molar refractivity (Wildman–Crippen MR) is 329 cm³/mol. The van der Waals surface area contributed by atoms with Crippen molar-refractivity contribution in [3.05, 3.63) is 254 Å². The zero-order chi connectivity index (χ0) is 52.0. The molecule has 0 aliphatic rings. The SMILES string of the molecule is N#Cc1c(C#N)c(-n2c3ccc(-c4cccc5ccccc45)cc3c3ccc4c5ccccc5sc4c32)c(-n2c3ccccc3c3ccccc32)c(-n2c3ccccc3c3ccccc32)c1-n1c2ccccc2c2ccccc21. The molecule has 12 aromatic carbocycles. The smallest absolute Gasteiger partial charge is 0.103 e. The molecule has 79 heavy (non-hydrogen) atoms. The molecule has 0 spiro atoms. The molecular formula is C72H40N6S. The Kier molecular flexibility index (Phi) is 9.04. The fraction of sp³-hybridized carbons (Fsp3) is 0. The molecule has 364 valence electrons. The van der Waals surface area contributed by atoms with Crippen molar-refractivity contribution in [1.29, 1.82) is 10.5 Å². The van der Waals surface area contributed by atoms with E-state index >= 15 is 0 Å². The number of fused-ring (bicyclic) bond motifs is 17. The molecule has 0 unspecified atom stereocenters. The van der Waals surface area contributed by atoms with Gasteiger partial charge in [-0.25, -0.2) is 0 Å². The van der Waals surface area contributed by atoms with Gasteiger partial charge in [0.2, 0.25) is 0 Å². The summed E-state index contributed by atoms with van der Waals surface area (Å²) in [7, 11) is 0. The molecule has 17 aromatic rings. The van der Waals surface area contributed by atoms with Crippen LogP contribution in [0.3, 0.4) is 0 Å². The van der Waals surface area contributed by atoms with E-state index < -0.39 is 0 Å². The van der Waals surface area contributed by atoms with E-state index in [9.17, 15) is 10.5 Å². The van der Waals surface area contributed by atoms with Crippen molar-refractivity contribution in [2.75, 3.05) is 0 Å². The van der Waals surface area contributed by atoms with E-state index in [1.165, 1.54) is 20.9 Å². The number of benzene rings is 12. The predicted octanol–water partition coefficient (Wildman–Crippen LogP) is 19.0. The van der Waals surface area contributed by atoms with Crippen LogP contribution in [-0.2, 0) is 0 Å². The Hall–Kier alpha value is -10.7. The monoisotopic (exact) mass is 1020 g/mol. The van der Waals surface area contributed by atoms with Gasteiger partial charge in [0.25, 0.3) is 0 Å². The quantitative estimate of drug-likeness (QED) is 0.172. The number of hydrogen-bond acceptors (Lipinski definition) is 3. The second-order valence-electron chi connectivity index (χ2n) is 20.5. The van der Waals surface area contributed by atoms with Crippen LogP contribution in [0.4, 0.5) is 0 Å². The summed E-state index contributed by atoms with van der Waals surface area (Å²) in [6, 6.07) is 92.1. The highest BCUT2D eigenvalue weighted by Crippen LogP contribution is 2.51. The van der Waals surface area contributed by atoms with Crippen LogP contribution in [0.2, 0.25) is 0 Å². The number of nitrogens with zero attached hydrogens (tertiary/aromatic N) is 6. The second kappa shape index (κ2) is 16.4. The molecule has 5 heterocycles. The van der Waals surface area contributed by atoms with Crippen LogP contribution in [-0.4, -0.2) is 18.3 Å². The van der Waals surface area contributed by atoms with Crippen molar-refractivity contribution in [3.8, 4) is 46.0 Å². The fourth-order valence-corrected chi connectivity index (χ4v) is 14.7. The number of rotatable bonds is 5. The molecular weight excluding hydrogens is 981 g/mol. The third-order valence-corrected chi connectivity index (χ3v) is 17.8. The normalized spacial score (nSPS) is 12.0. The summed E-state index contributed by atoms with van der Waals surface area (Å²) >= 11 is 1.77. The summed E-state index contributed by atoms with van der Waals surface area (Å²) in [6.45, 7) is 0. The average Bonchev–Trinajstić information content (AvgIpc) is 4.49. The average molecular weight is 1020 g/mol. The van der Waals surface area contributed by atoms with E-state index in [2.05, 4.69) is 273 Å². The van der Waals surface area contributed by atoms with Gasteiger partial charge >= 0.3 is 0 Å². The zero-order valence-corrected chi connectivity index (χ0v) is 43.0. The number of para-hydroxylation sites is 6. The van der Waals surface area contributed by atoms with Crippen molar-refractivity contribution in [2.45, 2.75) is 0 Å². The second-order valence-corrected chi connectivity index (χ2v) is 21.6. The molecule has 0 atom stereocenters. The van der Waals surface area contributed by atoms with Gasteiger partial charge in [-0.2, -0.15) is 10.5 Å². The Morgan fingerprint density at radius 1 is 0.291 bits per heavy atom. The summed E-state index contributed by atoms with van der Waals surface area (Å²) in [5.74, 6) is 0. The highest BCUT2D eigenvalue weighted by atomic mass is 32.1. The zero-order valence-electron chi connectivity index (χ0n) is 42.2. The van der Waals surface area contributed by atoms with Crippen LogP contribution in [0.15, 0.2) is 243 Å². The maximum absolute atomic E-state index is 12.5. The molecule has 0 saturated carbocycles. The van der Waals surface area contributed by atoms with Crippen LogP contribution in [0.5, 0.6) is 0 Å². The molecule has 6 nitrogen and oxygen atoms in total. The van der Waals surface area contributed by atoms with Crippen molar-refractivity contribution in [2.24, 2.45) is 0 Å². The minimum atomic E-state index is 0.274. The molecule has 0 N–H and O–H groups in total. The highest BCUT2D eigenvalue weighted by Gasteiger charge is 2.35. The molecule has 5 aromatic heterocycles. The van der Waals surface area contributed by atoms with Crippen molar-refractivity contribution >= 4 is 130 Å². The Bertz CT molecular complexity index is 5440. The number of nitriles is 2. The van der Waals surface area contributed by atoms with E-state index in [0.717, 1.165) is 120 Å². The third kappa shape index (κ3) is 5.86. The summed E-state index contributed by atoms with van der Waals surface area (Å²) < 4.78 is 11.7. The first-order valence-electron chi connectivity index (χ1n) is 26.6. The first-order valence-corrected chi connectivity index (χ1v) is 27.4. The van der Waals surface area contributed by atoms with E-state index in [4.69, 9.17) is 0 Å². The van der Waals surface area contributed by atoms with Crippen LogP contribution >= 0.6 is 11.3 Å². The van der Waals surface area contributed by atoms with E-state index in [0.29, 0.717) is 11.4 Å². The molecule has 0 amide bonds. The molecule has 0 fully saturated rings. The van der Waals surface area contributed by atoms with Gasteiger partial charge in [-0.15, -0.1) is 11.3 Å². The van der Waals surface area contributed by atoms with Crippen molar-refractivity contribution in [3.63, 3.8) is 0 Å². The summed E-state index contributed by atoms with van der Waals surface area (Å²) in [6.07, 6.45) is 0. The molecule has 0 radical (unpaired) electrons. The van der Waals surface area contributed by atoms with Crippen LogP contribution in [0, 0.1) is 22.7 Å². The van der Waals surface area contributed by atoms with E-state index in [1.807, 2.05) is 0 Å². The van der Waals surface area contributed by atoms with Gasteiger partial charge in [0, 0.05) is 58.6 Å². The summed E-state index contributed by atoms with van der Waals surface area (Å²) in [4.78, 5) is 0. The summed E-state index contributed by atoms with van der Waals surface area (Å²) in [5, 5.41) is 38.1. The minimum absolute atomic E-state index is 0.274. The molecule has 0 aliphatic carbocycles. The topological polar surface area (TPSA) is 67.3 Å². The van der Waals surface area contributed by atoms with Gasteiger partial charge in [0.15, 0.2) is 0 Å². The van der Waals surface area contributed by atoms with Gasteiger partial charge in [0.1, 0.15) is 12.1 Å². The van der Waals surface area contributed by atoms with Crippen LogP contribution in [0.1, 0.15) is 11.1 Å². The lowest BCUT2D eigenvalue weighted by atomic mass is 9.97.